The second-order valence-corrected chi connectivity index (χ2v) is 0.300. The molecule has 34 valence electrons. The Hall–Kier alpha value is 0.350. The van der Waals surface area contributed by atoms with Crippen LogP contribution < -0.4 is 0 Å². The normalized spacial score (nSPS) is 4.80. The van der Waals surface area contributed by atoms with Gasteiger partial charge in [0.05, 0.1) is 0 Å². The minimum absolute atomic E-state index is 0.917. The highest BCUT2D eigenvalue weighted by Gasteiger charge is 1.34. The Morgan fingerprint density at radius 2 is 1.20 bits per heavy atom. The first-order valence-corrected chi connectivity index (χ1v) is 2.34. The van der Waals surface area contributed by atoms with Crippen LogP contribution in [0.3, 0.4) is 0 Å². The molecule has 0 amide bonds. The largest absolute Gasteiger partial charge is 0.352 e. The molecule has 3 heteroatoms. The Labute approximate surface area is 33.8 Å². The summed E-state index contributed by atoms with van der Waals surface area (Å²) in [4.78, 5) is 14.3. The van der Waals surface area contributed by atoms with Crippen molar-refractivity contribution < 1.29 is 9.79 Å². The van der Waals surface area contributed by atoms with E-state index in [0.29, 0.717) is 0 Å². The molecule has 0 fully saturated rings. The Morgan fingerprint density at radius 3 is 1.20 bits per heavy atom. The maximum Gasteiger partial charge on any atom is 0.149 e. The molecule has 0 bridgehead atoms. The standard InChI is InChI=1S/C2H6.H3O2P/c1-2;1-3-2/h1-2H3;1-3H. The van der Waals surface area contributed by atoms with Crippen LogP contribution in [-0.4, -0.2) is 9.79 Å². The SMILES string of the molecule is CC.OPO. The number of hydrogen-bond acceptors (Lipinski definition) is 2. The zero-order valence-corrected chi connectivity index (χ0v) is 4.39. The summed E-state index contributed by atoms with van der Waals surface area (Å²) in [5.41, 5.74) is 0. The molecule has 0 saturated carbocycles. The van der Waals surface area contributed by atoms with E-state index in [4.69, 9.17) is 9.79 Å². The zero-order chi connectivity index (χ0) is 4.71. The highest BCUT2D eigenvalue weighted by atomic mass is 31.1. The Bertz CT molecular complexity index is 7.61. The summed E-state index contributed by atoms with van der Waals surface area (Å²) in [5, 5.41) is 0. The van der Waals surface area contributed by atoms with E-state index in [0.717, 1.165) is 0 Å². The molecule has 0 aromatic heterocycles. The van der Waals surface area contributed by atoms with Gasteiger partial charge >= 0.3 is 0 Å². The van der Waals surface area contributed by atoms with E-state index in [1.165, 1.54) is 0 Å². The maximum atomic E-state index is 7.15. The van der Waals surface area contributed by atoms with Crippen molar-refractivity contribution in [2.45, 2.75) is 13.8 Å². The van der Waals surface area contributed by atoms with Crippen LogP contribution in [0.4, 0.5) is 0 Å². The van der Waals surface area contributed by atoms with Gasteiger partial charge in [0.1, 0.15) is 9.03 Å². The molecule has 0 aliphatic heterocycles. The topological polar surface area (TPSA) is 40.5 Å². The monoisotopic (exact) mass is 96.0 g/mol. The van der Waals surface area contributed by atoms with Crippen molar-refractivity contribution >= 4 is 9.03 Å². The Kier molecular flexibility index (Phi) is 48.3. The van der Waals surface area contributed by atoms with Gasteiger partial charge in [0, 0.05) is 0 Å². The lowest BCUT2D eigenvalue weighted by Gasteiger charge is -1.54. The predicted octanol–water partition coefficient (Wildman–Crippen LogP) is 0.506. The molecule has 0 saturated heterocycles. The minimum Gasteiger partial charge on any atom is -0.352 e. The summed E-state index contributed by atoms with van der Waals surface area (Å²) in [5.74, 6) is 0. The van der Waals surface area contributed by atoms with Gasteiger partial charge in [0.2, 0.25) is 0 Å². The molecule has 0 radical (unpaired) electrons. The molecule has 0 atom stereocenters. The van der Waals surface area contributed by atoms with E-state index in [1.54, 1.807) is 0 Å². The number of hydrogen-bond donors (Lipinski definition) is 2. The molecule has 0 rings (SSSR count). The highest BCUT2D eigenvalue weighted by molar-refractivity contribution is 7.23. The molecule has 2 nitrogen and oxygen atoms in total. The van der Waals surface area contributed by atoms with Gasteiger partial charge < -0.3 is 9.79 Å². The van der Waals surface area contributed by atoms with Crippen LogP contribution in [0.5, 0.6) is 0 Å². The zero-order valence-electron chi connectivity index (χ0n) is 3.39. The van der Waals surface area contributed by atoms with Crippen molar-refractivity contribution in [3.05, 3.63) is 0 Å². The van der Waals surface area contributed by atoms with Crippen molar-refractivity contribution in [2.24, 2.45) is 0 Å². The molecular weight excluding hydrogens is 87.0 g/mol. The summed E-state index contributed by atoms with van der Waals surface area (Å²) in [7, 11) is -0.917. The maximum absolute atomic E-state index is 7.15. The van der Waals surface area contributed by atoms with Crippen LogP contribution in [0.2, 0.25) is 0 Å². The number of rotatable bonds is 0. The third kappa shape index (κ3) is 196. The van der Waals surface area contributed by atoms with Crippen molar-refractivity contribution in [2.75, 3.05) is 0 Å². The predicted molar refractivity (Wildman–Crippen MR) is 24.1 cm³/mol. The third-order valence-corrected chi connectivity index (χ3v) is 0. The van der Waals surface area contributed by atoms with Gasteiger partial charge in [-0.05, 0) is 0 Å². The lowest BCUT2D eigenvalue weighted by Crippen LogP contribution is -1.24. The van der Waals surface area contributed by atoms with Crippen LogP contribution in [0.1, 0.15) is 13.8 Å². The molecule has 0 aromatic rings. The second-order valence-electron chi connectivity index (χ2n) is 0.100. The van der Waals surface area contributed by atoms with Crippen molar-refractivity contribution in [1.29, 1.82) is 0 Å². The molecule has 0 aliphatic carbocycles. The fraction of sp³-hybridized carbons (Fsp3) is 1.00. The Balaban J connectivity index is 0. The van der Waals surface area contributed by atoms with E-state index in [2.05, 4.69) is 0 Å². The van der Waals surface area contributed by atoms with Crippen LogP contribution in [0.15, 0.2) is 0 Å². The Morgan fingerprint density at radius 1 is 1.20 bits per heavy atom. The van der Waals surface area contributed by atoms with Gasteiger partial charge in [-0.25, -0.2) is 0 Å². The molecule has 0 unspecified atom stereocenters. The second kappa shape index (κ2) is 26.8. The molecule has 0 heterocycles. The van der Waals surface area contributed by atoms with Gasteiger partial charge in [-0.15, -0.1) is 0 Å². The quantitative estimate of drug-likeness (QED) is 0.431. The fourth-order valence-corrected chi connectivity index (χ4v) is 0. The highest BCUT2D eigenvalue weighted by Crippen LogP contribution is 1.81. The summed E-state index contributed by atoms with van der Waals surface area (Å²) < 4.78 is 0. The first-order valence-electron chi connectivity index (χ1n) is 1.45. The third-order valence-electron chi connectivity index (χ3n) is 0. The van der Waals surface area contributed by atoms with Gasteiger partial charge in [0.25, 0.3) is 0 Å². The van der Waals surface area contributed by atoms with E-state index < -0.39 is 9.03 Å². The van der Waals surface area contributed by atoms with Crippen molar-refractivity contribution in [3.8, 4) is 0 Å². The van der Waals surface area contributed by atoms with Gasteiger partial charge in [-0.2, -0.15) is 0 Å². The molecule has 0 aliphatic rings. The van der Waals surface area contributed by atoms with Crippen molar-refractivity contribution in [3.63, 3.8) is 0 Å². The first kappa shape index (κ1) is 9.02. The molecule has 5 heavy (non-hydrogen) atoms. The smallest absolute Gasteiger partial charge is 0.149 e. The van der Waals surface area contributed by atoms with Gasteiger partial charge in [0.15, 0.2) is 0 Å². The van der Waals surface area contributed by atoms with Crippen molar-refractivity contribution in [1.82, 2.24) is 0 Å². The van der Waals surface area contributed by atoms with E-state index in [9.17, 15) is 0 Å². The lowest BCUT2D eigenvalue weighted by atomic mass is 11.0. The average Bonchev–Trinajstić information content (AvgIpc) is 1.46. The van der Waals surface area contributed by atoms with Crippen LogP contribution in [-0.2, 0) is 0 Å². The van der Waals surface area contributed by atoms with E-state index in [1.807, 2.05) is 13.8 Å². The fourth-order valence-electron chi connectivity index (χ4n) is 0. The minimum atomic E-state index is -0.917. The van der Waals surface area contributed by atoms with Crippen LogP contribution >= 0.6 is 9.03 Å². The molecule has 2 N–H and O–H groups in total. The van der Waals surface area contributed by atoms with E-state index in [-0.39, 0.29) is 0 Å². The molecule has 0 aromatic carbocycles. The first-order chi connectivity index (χ1) is 2.41. The summed E-state index contributed by atoms with van der Waals surface area (Å²) >= 11 is 0. The van der Waals surface area contributed by atoms with E-state index >= 15 is 0 Å². The molecular formula is C2H9O2P. The van der Waals surface area contributed by atoms with Gasteiger partial charge in [-0.3, -0.25) is 0 Å². The van der Waals surface area contributed by atoms with Crippen LogP contribution in [0.25, 0.3) is 0 Å². The lowest BCUT2D eigenvalue weighted by molar-refractivity contribution is 0.513. The summed E-state index contributed by atoms with van der Waals surface area (Å²) in [6.07, 6.45) is 0. The van der Waals surface area contributed by atoms with Crippen LogP contribution in [0, 0.1) is 0 Å². The molecule has 0 spiro atoms. The summed E-state index contributed by atoms with van der Waals surface area (Å²) in [6, 6.07) is 0. The van der Waals surface area contributed by atoms with Gasteiger partial charge in [-0.1, -0.05) is 13.8 Å². The summed E-state index contributed by atoms with van der Waals surface area (Å²) in [6.45, 7) is 4.00. The average molecular weight is 96.1 g/mol.